The molecule has 0 aliphatic heterocycles. The van der Waals surface area contributed by atoms with Crippen LogP contribution in [0.2, 0.25) is 0 Å². The number of amides is 1. The van der Waals surface area contributed by atoms with Gasteiger partial charge in [-0.2, -0.15) is 26.3 Å². The molecule has 3 aromatic rings. The van der Waals surface area contributed by atoms with Crippen molar-refractivity contribution in [1.82, 2.24) is 9.62 Å². The number of carbonyl (C=O) groups excluding carboxylic acids is 1. The van der Waals surface area contributed by atoms with Crippen LogP contribution in [0.25, 0.3) is 0 Å². The maximum absolute atomic E-state index is 13.8. The lowest BCUT2D eigenvalue weighted by atomic mass is 10.1. The molecule has 0 spiro atoms. The van der Waals surface area contributed by atoms with Gasteiger partial charge in [-0.3, -0.25) is 4.79 Å². The largest absolute Gasteiger partial charge is 0.419 e. The molecule has 0 radical (unpaired) electrons. The van der Waals surface area contributed by atoms with E-state index in [-0.39, 0.29) is 4.90 Å². The quantitative estimate of drug-likeness (QED) is 0.371. The van der Waals surface area contributed by atoms with Crippen LogP contribution in [-0.2, 0) is 32.2 Å². The molecular formula is C24H19F7N2O5S2. The zero-order valence-corrected chi connectivity index (χ0v) is 21.8. The minimum absolute atomic E-state index is 0.286. The van der Waals surface area contributed by atoms with Crippen LogP contribution in [0.4, 0.5) is 30.7 Å². The highest BCUT2D eigenvalue weighted by molar-refractivity contribution is 7.91. The smallest absolute Gasteiger partial charge is 0.340 e. The average molecular weight is 613 g/mol. The van der Waals surface area contributed by atoms with Gasteiger partial charge in [0.25, 0.3) is 5.91 Å². The first-order valence-electron chi connectivity index (χ1n) is 11.0. The van der Waals surface area contributed by atoms with Crippen molar-refractivity contribution in [1.29, 1.82) is 0 Å². The van der Waals surface area contributed by atoms with Gasteiger partial charge >= 0.3 is 12.4 Å². The molecule has 0 bridgehead atoms. The zero-order valence-electron chi connectivity index (χ0n) is 20.2. The van der Waals surface area contributed by atoms with Gasteiger partial charge in [-0.15, -0.1) is 0 Å². The summed E-state index contributed by atoms with van der Waals surface area (Å²) < 4.78 is 146. The molecule has 40 heavy (non-hydrogen) atoms. The van der Waals surface area contributed by atoms with Gasteiger partial charge in [0.2, 0.25) is 19.9 Å². The van der Waals surface area contributed by atoms with E-state index >= 15 is 0 Å². The first kappa shape index (κ1) is 31.0. The van der Waals surface area contributed by atoms with Crippen LogP contribution < -0.4 is 4.72 Å². The predicted molar refractivity (Wildman–Crippen MR) is 127 cm³/mol. The number of sulfonamides is 1. The molecule has 1 amide bonds. The number of benzene rings is 3. The Hall–Kier alpha value is -3.50. The van der Waals surface area contributed by atoms with Crippen LogP contribution in [0, 0.1) is 5.82 Å². The minimum atomic E-state index is -5.18. The van der Waals surface area contributed by atoms with E-state index in [2.05, 4.69) is 0 Å². The molecule has 3 rings (SSSR count). The fraction of sp³-hybridized carbons (Fsp3) is 0.208. The average Bonchev–Trinajstić information content (AvgIpc) is 2.86. The van der Waals surface area contributed by atoms with Crippen molar-refractivity contribution in [2.75, 3.05) is 20.1 Å². The summed E-state index contributed by atoms with van der Waals surface area (Å²) in [5.74, 6) is -2.71. The van der Waals surface area contributed by atoms with Crippen LogP contribution in [0.5, 0.6) is 0 Å². The van der Waals surface area contributed by atoms with Gasteiger partial charge in [0.15, 0.2) is 0 Å². The van der Waals surface area contributed by atoms with Gasteiger partial charge in [-0.1, -0.05) is 18.2 Å². The molecule has 0 saturated heterocycles. The molecule has 7 nitrogen and oxygen atoms in total. The molecule has 3 aromatic carbocycles. The van der Waals surface area contributed by atoms with Gasteiger partial charge in [0.05, 0.1) is 25.8 Å². The third-order valence-electron chi connectivity index (χ3n) is 5.52. The minimum Gasteiger partial charge on any atom is -0.340 e. The van der Waals surface area contributed by atoms with Crippen molar-refractivity contribution in [3.8, 4) is 0 Å². The molecule has 0 heterocycles. The molecule has 0 aliphatic carbocycles. The van der Waals surface area contributed by atoms with E-state index in [9.17, 15) is 52.4 Å². The second kappa shape index (κ2) is 11.2. The second-order valence-electron chi connectivity index (χ2n) is 8.29. The summed E-state index contributed by atoms with van der Waals surface area (Å²) in [5, 5.41) is 0. The summed E-state index contributed by atoms with van der Waals surface area (Å²) in [6, 6.07) is 9.31. The van der Waals surface area contributed by atoms with Crippen LogP contribution in [-0.4, -0.2) is 47.8 Å². The van der Waals surface area contributed by atoms with Gasteiger partial charge in [-0.05, 0) is 48.5 Å². The Labute approximate surface area is 224 Å². The Balaban J connectivity index is 1.83. The molecule has 216 valence electrons. The molecular weight excluding hydrogens is 593 g/mol. The van der Waals surface area contributed by atoms with E-state index in [0.717, 1.165) is 11.9 Å². The number of likely N-dealkylation sites (N-methyl/N-ethyl adjacent to an activating group) is 1. The fourth-order valence-electron chi connectivity index (χ4n) is 3.49. The third-order valence-corrected chi connectivity index (χ3v) is 8.79. The van der Waals surface area contributed by atoms with E-state index < -0.39 is 83.5 Å². The lowest BCUT2D eigenvalue weighted by Crippen LogP contribution is -2.36. The highest BCUT2D eigenvalue weighted by atomic mass is 32.2. The molecule has 0 unspecified atom stereocenters. The Morgan fingerprint density at radius 2 is 1.38 bits per heavy atom. The summed E-state index contributed by atoms with van der Waals surface area (Å²) in [6.07, 6.45) is -10.2. The summed E-state index contributed by atoms with van der Waals surface area (Å²) >= 11 is 0. The van der Waals surface area contributed by atoms with Crippen molar-refractivity contribution in [2.24, 2.45) is 0 Å². The van der Waals surface area contributed by atoms with Crippen LogP contribution in [0.15, 0.2) is 81.4 Å². The summed E-state index contributed by atoms with van der Waals surface area (Å²) in [7, 11) is -8.30. The van der Waals surface area contributed by atoms with E-state index in [0.29, 0.717) is 36.4 Å². The molecule has 0 saturated carbocycles. The number of alkyl halides is 6. The third kappa shape index (κ3) is 6.79. The van der Waals surface area contributed by atoms with Crippen molar-refractivity contribution < 1.29 is 52.4 Å². The monoisotopic (exact) mass is 612 g/mol. The number of hydrogen-bond acceptors (Lipinski definition) is 5. The highest BCUT2D eigenvalue weighted by Crippen LogP contribution is 2.36. The number of nitrogens with one attached hydrogen (secondary N) is 1. The molecule has 0 aliphatic rings. The molecule has 1 N–H and O–H groups in total. The standard InChI is InChI=1S/C24H19F7N2O5S2/c1-33(22(34)15-7-9-18(20(25)13-15)23(26,27)28)12-11-32-40(37,38)21-14-17(8-10-19(21)24(29,30)31)39(35,36)16-5-3-2-4-6-16/h2-10,13-14,32H,11-12H2,1H3. The number of hydrogen-bond donors (Lipinski definition) is 1. The summed E-state index contributed by atoms with van der Waals surface area (Å²) in [4.78, 5) is 10.9. The van der Waals surface area contributed by atoms with E-state index in [4.69, 9.17) is 0 Å². The Morgan fingerprint density at radius 3 is 1.93 bits per heavy atom. The number of halogens is 7. The lowest BCUT2D eigenvalue weighted by molar-refractivity contribution is -0.140. The van der Waals surface area contributed by atoms with Gasteiger partial charge in [0, 0.05) is 25.7 Å². The zero-order chi connectivity index (χ0) is 30.1. The molecule has 16 heteroatoms. The summed E-state index contributed by atoms with van der Waals surface area (Å²) in [6.45, 7) is -1.18. The highest BCUT2D eigenvalue weighted by Gasteiger charge is 2.38. The maximum Gasteiger partial charge on any atom is 0.419 e. The number of nitrogens with zero attached hydrogens (tertiary/aromatic N) is 1. The van der Waals surface area contributed by atoms with Crippen molar-refractivity contribution in [3.05, 3.63) is 89.2 Å². The SMILES string of the molecule is CN(CCNS(=O)(=O)c1cc(S(=O)(=O)c2ccccc2)ccc1C(F)(F)F)C(=O)c1ccc(C(F)(F)F)c(F)c1. The first-order chi connectivity index (χ1) is 18.4. The van der Waals surface area contributed by atoms with Gasteiger partial charge in [-0.25, -0.2) is 25.9 Å². The maximum atomic E-state index is 13.8. The van der Waals surface area contributed by atoms with Crippen LogP contribution in [0.1, 0.15) is 21.5 Å². The van der Waals surface area contributed by atoms with E-state index in [1.165, 1.54) is 30.3 Å². The van der Waals surface area contributed by atoms with Crippen LogP contribution in [0.3, 0.4) is 0 Å². The normalized spacial score (nSPS) is 12.8. The first-order valence-corrected chi connectivity index (χ1v) is 14.0. The van der Waals surface area contributed by atoms with E-state index in [1.54, 1.807) is 0 Å². The summed E-state index contributed by atoms with van der Waals surface area (Å²) in [5.41, 5.74) is -3.73. The van der Waals surface area contributed by atoms with Crippen LogP contribution >= 0.6 is 0 Å². The molecule has 0 fully saturated rings. The van der Waals surface area contributed by atoms with Gasteiger partial charge in [0.1, 0.15) is 5.82 Å². The molecule has 0 aromatic heterocycles. The molecule has 0 atom stereocenters. The van der Waals surface area contributed by atoms with Gasteiger partial charge < -0.3 is 4.90 Å². The van der Waals surface area contributed by atoms with Crippen molar-refractivity contribution >= 4 is 25.8 Å². The van der Waals surface area contributed by atoms with Crippen molar-refractivity contribution in [2.45, 2.75) is 27.0 Å². The number of sulfone groups is 1. The second-order valence-corrected chi connectivity index (χ2v) is 12.0. The Kier molecular flexibility index (Phi) is 8.67. The number of rotatable bonds is 8. The Bertz CT molecular complexity index is 1620. The fourth-order valence-corrected chi connectivity index (χ4v) is 6.14. The predicted octanol–water partition coefficient (Wildman–Crippen LogP) is 4.75. The Morgan fingerprint density at radius 1 is 0.800 bits per heavy atom. The van der Waals surface area contributed by atoms with E-state index in [1.807, 2.05) is 4.72 Å². The lowest BCUT2D eigenvalue weighted by Gasteiger charge is -2.19. The number of carbonyl (C=O) groups is 1. The topological polar surface area (TPSA) is 101 Å². The van der Waals surface area contributed by atoms with Crippen molar-refractivity contribution in [3.63, 3.8) is 0 Å².